The van der Waals surface area contributed by atoms with E-state index in [9.17, 15) is 0 Å². The van der Waals surface area contributed by atoms with Crippen LogP contribution in [0, 0.1) is 6.92 Å². The largest absolute Gasteiger partial charge is 0.364 e. The number of nitrogens with zero attached hydrogens (tertiary/aromatic N) is 4. The van der Waals surface area contributed by atoms with Gasteiger partial charge in [0.2, 0.25) is 0 Å². The van der Waals surface area contributed by atoms with Crippen LogP contribution in [0.15, 0.2) is 54.7 Å². The molecule has 0 bridgehead atoms. The third-order valence-corrected chi connectivity index (χ3v) is 4.39. The van der Waals surface area contributed by atoms with Crippen molar-refractivity contribution in [2.24, 2.45) is 0 Å². The molecule has 1 aromatic carbocycles. The summed E-state index contributed by atoms with van der Waals surface area (Å²) in [5, 5.41) is 3.36. The molecule has 0 fully saturated rings. The molecule has 2 aromatic heterocycles. The van der Waals surface area contributed by atoms with Gasteiger partial charge in [0.15, 0.2) is 0 Å². The van der Waals surface area contributed by atoms with Crippen molar-refractivity contribution in [1.82, 2.24) is 15.0 Å². The minimum atomic E-state index is 0.646. The smallest absolute Gasteiger partial charge is 0.138 e. The predicted molar refractivity (Wildman–Crippen MR) is 100 cm³/mol. The third-order valence-electron chi connectivity index (χ3n) is 4.39. The highest BCUT2D eigenvalue weighted by Crippen LogP contribution is 2.32. The molecule has 1 aliphatic rings. The second-order valence-corrected chi connectivity index (χ2v) is 6.22. The third kappa shape index (κ3) is 3.45. The van der Waals surface area contributed by atoms with E-state index in [4.69, 9.17) is 0 Å². The van der Waals surface area contributed by atoms with Crippen LogP contribution in [0.5, 0.6) is 0 Å². The van der Waals surface area contributed by atoms with Gasteiger partial charge in [-0.05, 0) is 43.5 Å². The van der Waals surface area contributed by atoms with Crippen LogP contribution in [-0.2, 0) is 13.0 Å². The zero-order chi connectivity index (χ0) is 17.1. The lowest BCUT2D eigenvalue weighted by Gasteiger charge is -2.30. The summed E-state index contributed by atoms with van der Waals surface area (Å²) >= 11 is 0. The van der Waals surface area contributed by atoms with Crippen molar-refractivity contribution in [3.63, 3.8) is 0 Å². The molecule has 0 atom stereocenters. The van der Waals surface area contributed by atoms with Crippen molar-refractivity contribution in [2.45, 2.75) is 26.3 Å². The number of rotatable bonds is 4. The van der Waals surface area contributed by atoms with Crippen molar-refractivity contribution in [3.05, 3.63) is 71.8 Å². The van der Waals surface area contributed by atoms with Crippen LogP contribution in [0.25, 0.3) is 0 Å². The number of para-hydroxylation sites is 1. The van der Waals surface area contributed by atoms with Crippen LogP contribution < -0.4 is 10.2 Å². The Kier molecular flexibility index (Phi) is 4.29. The van der Waals surface area contributed by atoms with Crippen molar-refractivity contribution >= 4 is 17.3 Å². The van der Waals surface area contributed by atoms with Gasteiger partial charge in [0.25, 0.3) is 0 Å². The highest BCUT2D eigenvalue weighted by atomic mass is 15.2. The van der Waals surface area contributed by atoms with Gasteiger partial charge in [-0.3, -0.25) is 4.98 Å². The molecule has 1 N–H and O–H groups in total. The summed E-state index contributed by atoms with van der Waals surface area (Å²) in [6.07, 6.45) is 4.07. The fourth-order valence-electron chi connectivity index (χ4n) is 3.24. The zero-order valence-electron chi connectivity index (χ0n) is 14.3. The topological polar surface area (TPSA) is 53.9 Å². The van der Waals surface area contributed by atoms with Gasteiger partial charge in [0, 0.05) is 24.5 Å². The summed E-state index contributed by atoms with van der Waals surface area (Å²) in [7, 11) is 0. The Morgan fingerprint density at radius 1 is 1.08 bits per heavy atom. The quantitative estimate of drug-likeness (QED) is 0.786. The average molecular weight is 331 g/mol. The van der Waals surface area contributed by atoms with Crippen LogP contribution >= 0.6 is 0 Å². The lowest BCUT2D eigenvalue weighted by atomic mass is 10.0. The highest BCUT2D eigenvalue weighted by Gasteiger charge is 2.19. The Morgan fingerprint density at radius 2 is 1.96 bits per heavy atom. The molecular weight excluding hydrogens is 310 g/mol. The maximum atomic E-state index is 4.67. The van der Waals surface area contributed by atoms with E-state index in [0.29, 0.717) is 6.54 Å². The predicted octanol–water partition coefficient (Wildman–Crippen LogP) is 3.88. The lowest BCUT2D eigenvalue weighted by molar-refractivity contribution is 0.756. The molecule has 3 aromatic rings. The van der Waals surface area contributed by atoms with Crippen LogP contribution in [0.1, 0.15) is 23.5 Å². The summed E-state index contributed by atoms with van der Waals surface area (Å²) in [4.78, 5) is 15.8. The Balaban J connectivity index is 1.60. The fourth-order valence-corrected chi connectivity index (χ4v) is 3.24. The maximum absolute atomic E-state index is 4.67. The summed E-state index contributed by atoms with van der Waals surface area (Å²) in [6.45, 7) is 3.56. The zero-order valence-corrected chi connectivity index (χ0v) is 14.3. The summed E-state index contributed by atoms with van der Waals surface area (Å²) in [5.74, 6) is 2.54. The van der Waals surface area contributed by atoms with E-state index in [-0.39, 0.29) is 0 Å². The monoisotopic (exact) mass is 331 g/mol. The van der Waals surface area contributed by atoms with Crippen LogP contribution in [0.2, 0.25) is 0 Å². The number of fused-ring (bicyclic) bond motifs is 1. The van der Waals surface area contributed by atoms with Gasteiger partial charge in [0.1, 0.15) is 17.5 Å². The number of aryl methyl sites for hydroxylation is 2. The highest BCUT2D eigenvalue weighted by molar-refractivity contribution is 5.67. The normalized spacial score (nSPS) is 13.4. The van der Waals surface area contributed by atoms with Gasteiger partial charge in [-0.1, -0.05) is 24.3 Å². The number of nitrogens with one attached hydrogen (secondary N) is 1. The van der Waals surface area contributed by atoms with E-state index in [1.165, 1.54) is 11.3 Å². The average Bonchev–Trinajstić information content (AvgIpc) is 2.66. The van der Waals surface area contributed by atoms with E-state index in [1.54, 1.807) is 6.20 Å². The Bertz CT molecular complexity index is 863. The Morgan fingerprint density at radius 3 is 2.84 bits per heavy atom. The molecule has 5 nitrogen and oxygen atoms in total. The lowest BCUT2D eigenvalue weighted by Crippen LogP contribution is -2.25. The first-order chi connectivity index (χ1) is 12.3. The number of pyridine rings is 1. The van der Waals surface area contributed by atoms with Crippen LogP contribution in [0.3, 0.4) is 0 Å². The van der Waals surface area contributed by atoms with Crippen LogP contribution in [-0.4, -0.2) is 21.5 Å². The number of aromatic nitrogens is 3. The molecule has 4 rings (SSSR count). The number of benzene rings is 1. The van der Waals surface area contributed by atoms with E-state index >= 15 is 0 Å². The number of hydrogen-bond donors (Lipinski definition) is 1. The minimum Gasteiger partial charge on any atom is -0.364 e. The molecule has 1 aliphatic heterocycles. The molecule has 126 valence electrons. The Hall–Kier alpha value is -2.95. The van der Waals surface area contributed by atoms with Crippen LogP contribution in [0.4, 0.5) is 17.3 Å². The molecule has 0 aliphatic carbocycles. The van der Waals surface area contributed by atoms with Gasteiger partial charge in [-0.25, -0.2) is 9.97 Å². The molecule has 25 heavy (non-hydrogen) atoms. The van der Waals surface area contributed by atoms with Crippen molar-refractivity contribution in [1.29, 1.82) is 0 Å². The van der Waals surface area contributed by atoms with E-state index in [0.717, 1.165) is 42.5 Å². The van der Waals surface area contributed by atoms with E-state index in [2.05, 4.69) is 49.4 Å². The van der Waals surface area contributed by atoms with E-state index in [1.807, 2.05) is 31.2 Å². The van der Waals surface area contributed by atoms with Gasteiger partial charge < -0.3 is 10.2 Å². The molecule has 0 unspecified atom stereocenters. The first-order valence-electron chi connectivity index (χ1n) is 8.64. The molecular formula is C20H21N5. The van der Waals surface area contributed by atoms with Crippen molar-refractivity contribution in [2.75, 3.05) is 16.8 Å². The van der Waals surface area contributed by atoms with E-state index < -0.39 is 0 Å². The molecule has 0 spiro atoms. The summed E-state index contributed by atoms with van der Waals surface area (Å²) in [5.41, 5.74) is 3.62. The van der Waals surface area contributed by atoms with Gasteiger partial charge in [-0.15, -0.1) is 0 Å². The second kappa shape index (κ2) is 6.89. The van der Waals surface area contributed by atoms with Gasteiger partial charge in [0.05, 0.1) is 12.2 Å². The molecule has 3 heterocycles. The van der Waals surface area contributed by atoms with Crippen molar-refractivity contribution in [3.8, 4) is 0 Å². The standard InChI is InChI=1S/C20H21N5/c1-15-23-19(22-14-17-9-4-5-11-21-17)13-20(24-15)25-12-6-8-16-7-2-3-10-18(16)25/h2-5,7,9-11,13H,6,8,12,14H2,1H3,(H,22,23,24). The number of hydrogen-bond acceptors (Lipinski definition) is 5. The molecule has 0 amide bonds. The first kappa shape index (κ1) is 15.6. The fraction of sp³-hybridized carbons (Fsp3) is 0.250. The summed E-state index contributed by atoms with van der Waals surface area (Å²) in [6, 6.07) is 16.5. The van der Waals surface area contributed by atoms with Gasteiger partial charge in [-0.2, -0.15) is 0 Å². The van der Waals surface area contributed by atoms with Crippen molar-refractivity contribution < 1.29 is 0 Å². The van der Waals surface area contributed by atoms with Gasteiger partial charge >= 0.3 is 0 Å². The number of anilines is 3. The summed E-state index contributed by atoms with van der Waals surface area (Å²) < 4.78 is 0. The second-order valence-electron chi connectivity index (χ2n) is 6.22. The molecule has 0 saturated heterocycles. The Labute approximate surface area is 147 Å². The maximum Gasteiger partial charge on any atom is 0.138 e. The molecule has 0 radical (unpaired) electrons. The molecule has 5 heteroatoms. The minimum absolute atomic E-state index is 0.646. The first-order valence-corrected chi connectivity index (χ1v) is 8.64. The molecule has 0 saturated carbocycles. The SMILES string of the molecule is Cc1nc(NCc2ccccn2)cc(N2CCCc3ccccc32)n1.